The zero-order chi connectivity index (χ0) is 27.4. The SMILES string of the molecule is C=CCO[C@@H]1O[C@@H]2COC(c3ccccc3)O[C@H]2[C@@H]2OCCOCCOc3ccccc3OCCOCCO[C@@H]12. The molecule has 2 aromatic carbocycles. The summed E-state index contributed by atoms with van der Waals surface area (Å²) < 4.78 is 60.7. The largest absolute Gasteiger partial charge is 0.487 e. The third kappa shape index (κ3) is 7.80. The number of fused-ring (bicyclic) bond motifs is 4. The number of rotatable bonds is 4. The Morgan fingerprint density at radius 3 is 1.98 bits per heavy atom. The van der Waals surface area contributed by atoms with Crippen LogP contribution in [0.3, 0.4) is 0 Å². The lowest BCUT2D eigenvalue weighted by Crippen LogP contribution is -2.64. The summed E-state index contributed by atoms with van der Waals surface area (Å²) in [6.07, 6.45) is -1.52. The van der Waals surface area contributed by atoms with Gasteiger partial charge in [0.1, 0.15) is 37.6 Å². The molecule has 0 spiro atoms. The van der Waals surface area contributed by atoms with Gasteiger partial charge < -0.3 is 47.4 Å². The molecule has 2 aromatic rings. The molecule has 0 aliphatic carbocycles. The second-order valence-electron chi connectivity index (χ2n) is 9.38. The van der Waals surface area contributed by atoms with Gasteiger partial charge in [0, 0.05) is 5.56 Å². The maximum atomic E-state index is 6.43. The van der Waals surface area contributed by atoms with E-state index in [0.29, 0.717) is 77.6 Å². The first-order valence-electron chi connectivity index (χ1n) is 13.8. The van der Waals surface area contributed by atoms with Crippen molar-refractivity contribution < 1.29 is 47.4 Å². The van der Waals surface area contributed by atoms with Crippen LogP contribution in [0.15, 0.2) is 67.3 Å². The highest BCUT2D eigenvalue weighted by atomic mass is 16.8. The quantitative estimate of drug-likeness (QED) is 0.521. The van der Waals surface area contributed by atoms with Crippen LogP contribution in [0.1, 0.15) is 11.9 Å². The van der Waals surface area contributed by atoms with E-state index in [1.54, 1.807) is 6.08 Å². The van der Waals surface area contributed by atoms with E-state index in [1.165, 1.54) is 0 Å². The van der Waals surface area contributed by atoms with E-state index in [1.807, 2.05) is 54.6 Å². The van der Waals surface area contributed by atoms with E-state index >= 15 is 0 Å². The van der Waals surface area contributed by atoms with Gasteiger partial charge in [-0.05, 0) is 12.1 Å². The fourth-order valence-corrected chi connectivity index (χ4v) is 4.79. The van der Waals surface area contributed by atoms with Crippen molar-refractivity contribution in [3.05, 3.63) is 72.8 Å². The molecule has 0 saturated carbocycles. The summed E-state index contributed by atoms with van der Waals surface area (Å²) in [4.78, 5) is 0. The fraction of sp³-hybridized carbons (Fsp3) is 0.533. The monoisotopic (exact) mass is 558 g/mol. The van der Waals surface area contributed by atoms with Gasteiger partial charge in [0.15, 0.2) is 24.1 Å². The predicted octanol–water partition coefficient (Wildman–Crippen LogP) is 3.30. The molecule has 5 rings (SSSR count). The van der Waals surface area contributed by atoms with Crippen molar-refractivity contribution >= 4 is 0 Å². The van der Waals surface area contributed by atoms with Crippen LogP contribution in [0, 0.1) is 0 Å². The van der Waals surface area contributed by atoms with E-state index in [9.17, 15) is 0 Å². The van der Waals surface area contributed by atoms with Crippen molar-refractivity contribution in [1.29, 1.82) is 0 Å². The Kier molecular flexibility index (Phi) is 11.2. The molecule has 218 valence electrons. The molecule has 3 aliphatic heterocycles. The van der Waals surface area contributed by atoms with Gasteiger partial charge in [-0.3, -0.25) is 0 Å². The van der Waals surface area contributed by atoms with E-state index in [-0.39, 0.29) is 0 Å². The predicted molar refractivity (Wildman–Crippen MR) is 143 cm³/mol. The normalized spacial score (nSPS) is 30.6. The second-order valence-corrected chi connectivity index (χ2v) is 9.38. The zero-order valence-electron chi connectivity index (χ0n) is 22.6. The summed E-state index contributed by atoms with van der Waals surface area (Å²) in [5, 5.41) is 0. The zero-order valence-corrected chi connectivity index (χ0v) is 22.6. The van der Waals surface area contributed by atoms with Crippen molar-refractivity contribution in [2.45, 2.75) is 37.0 Å². The molecule has 10 heteroatoms. The van der Waals surface area contributed by atoms with Crippen LogP contribution >= 0.6 is 0 Å². The molecule has 0 bridgehead atoms. The van der Waals surface area contributed by atoms with Crippen molar-refractivity contribution in [1.82, 2.24) is 0 Å². The molecule has 0 amide bonds. The smallest absolute Gasteiger partial charge is 0.187 e. The van der Waals surface area contributed by atoms with Gasteiger partial charge in [-0.15, -0.1) is 6.58 Å². The molecule has 3 aliphatic rings. The highest BCUT2D eigenvalue weighted by Crippen LogP contribution is 2.36. The molecule has 10 nitrogen and oxygen atoms in total. The van der Waals surface area contributed by atoms with Crippen molar-refractivity contribution in [3.8, 4) is 11.5 Å². The summed E-state index contributed by atoms with van der Waals surface area (Å²) in [5.74, 6) is 1.33. The van der Waals surface area contributed by atoms with Gasteiger partial charge in [0.05, 0.1) is 52.9 Å². The fourth-order valence-electron chi connectivity index (χ4n) is 4.79. The lowest BCUT2D eigenvalue weighted by molar-refractivity contribution is -0.369. The van der Waals surface area contributed by atoms with Crippen LogP contribution in [0.25, 0.3) is 0 Å². The number of hydrogen-bond donors (Lipinski definition) is 0. The minimum absolute atomic E-state index is 0.293. The lowest BCUT2D eigenvalue weighted by Gasteiger charge is -2.48. The topological polar surface area (TPSA) is 92.3 Å². The van der Waals surface area contributed by atoms with Gasteiger partial charge in [-0.1, -0.05) is 48.5 Å². The summed E-state index contributed by atoms with van der Waals surface area (Å²) in [5.41, 5.74) is 0.921. The summed E-state index contributed by atoms with van der Waals surface area (Å²) in [6, 6.07) is 17.3. The molecular formula is C30H38O10. The molecule has 0 aromatic heterocycles. The molecule has 2 fully saturated rings. The van der Waals surface area contributed by atoms with E-state index in [0.717, 1.165) is 5.56 Å². The second kappa shape index (κ2) is 15.5. The first-order valence-corrected chi connectivity index (χ1v) is 13.8. The highest BCUT2D eigenvalue weighted by molar-refractivity contribution is 5.39. The third-order valence-corrected chi connectivity index (χ3v) is 6.63. The van der Waals surface area contributed by atoms with Crippen molar-refractivity contribution in [3.63, 3.8) is 0 Å². The standard InChI is InChI=1S/C30H38O10/c1-2-12-37-30-28-27(26-25(39-30)21-38-29(40-26)22-8-4-3-5-9-22)35-19-15-31-13-17-33-23-10-6-7-11-24(23)34-18-14-32-16-20-36-28/h2-11,25-30H,1,12-21H2/t25-,26-,27+,28-,29?,30-/m1/s1. The molecule has 40 heavy (non-hydrogen) atoms. The van der Waals surface area contributed by atoms with E-state index in [4.69, 9.17) is 47.4 Å². The Morgan fingerprint density at radius 2 is 1.30 bits per heavy atom. The Hall–Kier alpha value is -2.54. The van der Waals surface area contributed by atoms with Crippen molar-refractivity contribution in [2.75, 3.05) is 66.1 Å². The highest BCUT2D eigenvalue weighted by Gasteiger charge is 2.51. The first kappa shape index (κ1) is 29.0. The molecule has 0 radical (unpaired) electrons. The van der Waals surface area contributed by atoms with Crippen LogP contribution in [-0.4, -0.2) is 96.8 Å². The lowest BCUT2D eigenvalue weighted by atomic mass is 9.97. The number of benzene rings is 2. The molecular weight excluding hydrogens is 520 g/mol. The summed E-state index contributed by atoms with van der Waals surface area (Å²) in [6.45, 7) is 7.25. The minimum Gasteiger partial charge on any atom is -0.487 e. The van der Waals surface area contributed by atoms with Gasteiger partial charge >= 0.3 is 0 Å². The maximum absolute atomic E-state index is 6.43. The van der Waals surface area contributed by atoms with Gasteiger partial charge in [-0.25, -0.2) is 0 Å². The first-order chi connectivity index (χ1) is 19.8. The summed E-state index contributed by atoms with van der Waals surface area (Å²) in [7, 11) is 0. The molecule has 6 atom stereocenters. The summed E-state index contributed by atoms with van der Waals surface area (Å²) >= 11 is 0. The Morgan fingerprint density at radius 1 is 0.675 bits per heavy atom. The number of ether oxygens (including phenoxy) is 10. The van der Waals surface area contributed by atoms with Gasteiger partial charge in [0.2, 0.25) is 0 Å². The third-order valence-electron chi connectivity index (χ3n) is 6.63. The molecule has 1 unspecified atom stereocenters. The Balaban J connectivity index is 1.28. The van der Waals surface area contributed by atoms with Crippen LogP contribution in [0.5, 0.6) is 11.5 Å². The maximum Gasteiger partial charge on any atom is 0.187 e. The number of para-hydroxylation sites is 2. The molecule has 2 saturated heterocycles. The van der Waals surface area contributed by atoms with Gasteiger partial charge in [-0.2, -0.15) is 0 Å². The van der Waals surface area contributed by atoms with E-state index in [2.05, 4.69) is 6.58 Å². The minimum atomic E-state index is -0.704. The van der Waals surface area contributed by atoms with Crippen LogP contribution < -0.4 is 9.47 Å². The Labute approximate surface area is 234 Å². The molecule has 0 N–H and O–H groups in total. The van der Waals surface area contributed by atoms with Crippen LogP contribution in [0.2, 0.25) is 0 Å². The average molecular weight is 559 g/mol. The van der Waals surface area contributed by atoms with E-state index < -0.39 is 37.0 Å². The molecule has 3 heterocycles. The van der Waals surface area contributed by atoms with Crippen LogP contribution in [-0.2, 0) is 37.9 Å². The van der Waals surface area contributed by atoms with Crippen molar-refractivity contribution in [2.24, 2.45) is 0 Å². The Bertz CT molecular complexity index is 1020. The average Bonchev–Trinajstić information content (AvgIpc) is 3.00. The number of hydrogen-bond acceptors (Lipinski definition) is 10. The van der Waals surface area contributed by atoms with Crippen LogP contribution in [0.4, 0.5) is 0 Å². The van der Waals surface area contributed by atoms with Gasteiger partial charge in [0.25, 0.3) is 0 Å².